The Kier molecular flexibility index (Phi) is 3.23. The largest absolute Gasteiger partial charge is 0.437 e. The van der Waals surface area contributed by atoms with Gasteiger partial charge in [0.1, 0.15) is 11.4 Å². The van der Waals surface area contributed by atoms with E-state index in [1.165, 1.54) is 0 Å². The highest BCUT2D eigenvalue weighted by molar-refractivity contribution is 6.08. The molecule has 134 valence electrons. The Morgan fingerprint density at radius 2 is 1.67 bits per heavy atom. The molecular weight excluding hydrogens is 334 g/mol. The average molecular weight is 355 g/mol. The van der Waals surface area contributed by atoms with E-state index in [2.05, 4.69) is 72.8 Å². The third kappa shape index (κ3) is 2.36. The van der Waals surface area contributed by atoms with Crippen LogP contribution in [0.25, 0.3) is 44.5 Å². The molecule has 0 saturated heterocycles. The molecule has 3 heterocycles. The summed E-state index contributed by atoms with van der Waals surface area (Å²) in [6.45, 7) is 8.59. The van der Waals surface area contributed by atoms with Crippen LogP contribution in [0.4, 0.5) is 0 Å². The zero-order valence-corrected chi connectivity index (χ0v) is 15.9. The normalized spacial score (nSPS) is 12.4. The van der Waals surface area contributed by atoms with Gasteiger partial charge in [-0.05, 0) is 58.0 Å². The second-order valence-electron chi connectivity index (χ2n) is 8.02. The fourth-order valence-electron chi connectivity index (χ4n) is 3.83. The molecule has 0 radical (unpaired) electrons. The Hall–Kier alpha value is -3.14. The number of para-hydroxylation sites is 3. The van der Waals surface area contributed by atoms with Crippen LogP contribution in [0.2, 0.25) is 0 Å². The van der Waals surface area contributed by atoms with Gasteiger partial charge in [0.15, 0.2) is 0 Å². The molecule has 0 aliphatic carbocycles. The molecule has 0 bridgehead atoms. The van der Waals surface area contributed by atoms with Crippen LogP contribution >= 0.6 is 0 Å². The summed E-state index contributed by atoms with van der Waals surface area (Å²) in [6.07, 6.45) is 0. The minimum atomic E-state index is -0.117. The monoisotopic (exact) mass is 355 g/mol. The van der Waals surface area contributed by atoms with Gasteiger partial charge in [-0.3, -0.25) is 0 Å². The van der Waals surface area contributed by atoms with Crippen molar-refractivity contribution in [1.29, 1.82) is 0 Å². The Morgan fingerprint density at radius 3 is 2.48 bits per heavy atom. The topological polar surface area (TPSA) is 43.9 Å². The van der Waals surface area contributed by atoms with Crippen LogP contribution in [0.3, 0.4) is 0 Å². The van der Waals surface area contributed by atoms with Crippen molar-refractivity contribution >= 4 is 33.1 Å². The van der Waals surface area contributed by atoms with Crippen LogP contribution < -0.4 is 0 Å². The molecule has 0 aliphatic heterocycles. The molecule has 0 aliphatic rings. The number of fused-ring (bicyclic) bond motifs is 4. The molecule has 0 amide bonds. The summed E-state index contributed by atoms with van der Waals surface area (Å²) in [5, 5.41) is 2.11. The second kappa shape index (κ2) is 5.43. The van der Waals surface area contributed by atoms with Crippen LogP contribution in [0.5, 0.6) is 0 Å². The van der Waals surface area contributed by atoms with Gasteiger partial charge in [0.25, 0.3) is 0 Å². The molecule has 5 aromatic rings. The van der Waals surface area contributed by atoms with Gasteiger partial charge < -0.3 is 8.98 Å². The zero-order valence-electron chi connectivity index (χ0n) is 15.9. The Labute approximate surface area is 157 Å². The highest BCUT2D eigenvalue weighted by Crippen LogP contribution is 2.38. The van der Waals surface area contributed by atoms with Crippen molar-refractivity contribution in [3.05, 3.63) is 60.3 Å². The predicted molar refractivity (Wildman–Crippen MR) is 110 cm³/mol. The molecule has 0 saturated carbocycles. The zero-order chi connectivity index (χ0) is 18.8. The van der Waals surface area contributed by atoms with E-state index in [1.807, 2.05) is 19.1 Å². The average Bonchev–Trinajstić information content (AvgIpc) is 3.18. The van der Waals surface area contributed by atoms with Gasteiger partial charge in [0.2, 0.25) is 5.71 Å². The lowest BCUT2D eigenvalue weighted by atomic mass is 10.1. The maximum Gasteiger partial charge on any atom is 0.227 e. The summed E-state index contributed by atoms with van der Waals surface area (Å²) < 4.78 is 8.51. The Balaban J connectivity index is 1.91. The van der Waals surface area contributed by atoms with Crippen LogP contribution in [-0.2, 0) is 5.54 Å². The van der Waals surface area contributed by atoms with Gasteiger partial charge in [-0.2, -0.15) is 0 Å². The van der Waals surface area contributed by atoms with Gasteiger partial charge >= 0.3 is 0 Å². The van der Waals surface area contributed by atoms with Gasteiger partial charge in [-0.15, -0.1) is 0 Å². The molecule has 4 heteroatoms. The number of furan rings is 1. The number of benzene rings is 2. The number of pyridine rings is 1. The Morgan fingerprint density at radius 1 is 0.852 bits per heavy atom. The Bertz CT molecular complexity index is 1320. The third-order valence-corrected chi connectivity index (χ3v) is 4.98. The van der Waals surface area contributed by atoms with Crippen molar-refractivity contribution in [2.45, 2.75) is 33.2 Å². The number of aromatic nitrogens is 3. The standard InChI is InChI=1S/C23H21N3O/c1-14-12-13-16-15-8-7-9-17(20(15)27-22(16)24-14)21-25-18-10-5-6-11-19(18)26(21)23(2,3)4/h5-13H,1-4H3. The second-order valence-corrected chi connectivity index (χ2v) is 8.02. The summed E-state index contributed by atoms with van der Waals surface area (Å²) in [5.74, 6) is 0.921. The summed E-state index contributed by atoms with van der Waals surface area (Å²) in [4.78, 5) is 9.54. The van der Waals surface area contributed by atoms with E-state index >= 15 is 0 Å². The van der Waals surface area contributed by atoms with Crippen LogP contribution in [0.1, 0.15) is 26.5 Å². The molecule has 27 heavy (non-hydrogen) atoms. The first-order chi connectivity index (χ1) is 12.9. The van der Waals surface area contributed by atoms with Crippen molar-refractivity contribution in [2.75, 3.05) is 0 Å². The number of hydrogen-bond donors (Lipinski definition) is 0. The quantitative estimate of drug-likeness (QED) is 0.367. The van der Waals surface area contributed by atoms with E-state index in [0.717, 1.165) is 44.5 Å². The van der Waals surface area contributed by atoms with Crippen molar-refractivity contribution < 1.29 is 4.42 Å². The van der Waals surface area contributed by atoms with Crippen LogP contribution in [0.15, 0.2) is 59.0 Å². The van der Waals surface area contributed by atoms with Crippen molar-refractivity contribution in [3.63, 3.8) is 0 Å². The molecular formula is C23H21N3O. The predicted octanol–water partition coefficient (Wildman–Crippen LogP) is 6.06. The number of aryl methyl sites for hydroxylation is 1. The highest BCUT2D eigenvalue weighted by atomic mass is 16.3. The van der Waals surface area contributed by atoms with Gasteiger partial charge in [-0.1, -0.05) is 24.3 Å². The molecule has 2 aromatic carbocycles. The molecule has 5 rings (SSSR count). The van der Waals surface area contributed by atoms with E-state index in [1.54, 1.807) is 0 Å². The molecule has 4 nitrogen and oxygen atoms in total. The van der Waals surface area contributed by atoms with Crippen molar-refractivity contribution in [2.24, 2.45) is 0 Å². The molecule has 3 aromatic heterocycles. The SMILES string of the molecule is Cc1ccc2c(n1)oc1c(-c3nc4ccccc4n3C(C)(C)C)cccc12. The lowest BCUT2D eigenvalue weighted by Crippen LogP contribution is -2.22. The molecule has 0 unspecified atom stereocenters. The fourth-order valence-corrected chi connectivity index (χ4v) is 3.83. The smallest absolute Gasteiger partial charge is 0.227 e. The number of nitrogens with zero attached hydrogens (tertiary/aromatic N) is 3. The van der Waals surface area contributed by atoms with Crippen molar-refractivity contribution in [3.8, 4) is 11.4 Å². The van der Waals surface area contributed by atoms with Crippen molar-refractivity contribution in [1.82, 2.24) is 14.5 Å². The van der Waals surface area contributed by atoms with E-state index in [0.29, 0.717) is 5.71 Å². The molecule has 0 fully saturated rings. The van der Waals surface area contributed by atoms with Gasteiger partial charge in [-0.25, -0.2) is 9.97 Å². The third-order valence-electron chi connectivity index (χ3n) is 4.98. The maximum atomic E-state index is 6.22. The van der Waals surface area contributed by atoms with E-state index in [9.17, 15) is 0 Å². The fraction of sp³-hybridized carbons (Fsp3) is 0.217. The van der Waals surface area contributed by atoms with E-state index in [-0.39, 0.29) is 5.54 Å². The van der Waals surface area contributed by atoms with Gasteiger partial charge in [0, 0.05) is 22.0 Å². The minimum Gasteiger partial charge on any atom is -0.437 e. The minimum absolute atomic E-state index is 0.117. The molecule has 0 N–H and O–H groups in total. The van der Waals surface area contributed by atoms with Gasteiger partial charge in [0.05, 0.1) is 16.6 Å². The summed E-state index contributed by atoms with van der Waals surface area (Å²) in [7, 11) is 0. The summed E-state index contributed by atoms with van der Waals surface area (Å²) >= 11 is 0. The number of rotatable bonds is 1. The summed E-state index contributed by atoms with van der Waals surface area (Å²) in [5.41, 5.74) is 5.46. The first kappa shape index (κ1) is 16.1. The first-order valence-corrected chi connectivity index (χ1v) is 9.21. The number of hydrogen-bond acceptors (Lipinski definition) is 3. The van der Waals surface area contributed by atoms with E-state index in [4.69, 9.17) is 9.40 Å². The summed E-state index contributed by atoms with van der Waals surface area (Å²) in [6, 6.07) is 18.6. The van der Waals surface area contributed by atoms with E-state index < -0.39 is 0 Å². The molecule has 0 atom stereocenters. The first-order valence-electron chi connectivity index (χ1n) is 9.21. The van der Waals surface area contributed by atoms with Crippen LogP contribution in [-0.4, -0.2) is 14.5 Å². The molecule has 0 spiro atoms. The highest BCUT2D eigenvalue weighted by Gasteiger charge is 2.24. The number of imidazole rings is 1. The maximum absolute atomic E-state index is 6.22. The lowest BCUT2D eigenvalue weighted by molar-refractivity contribution is 0.413. The van der Waals surface area contributed by atoms with Crippen LogP contribution in [0, 0.1) is 6.92 Å². The lowest BCUT2D eigenvalue weighted by Gasteiger charge is -2.24.